The van der Waals surface area contributed by atoms with Crippen LogP contribution in [0.5, 0.6) is 0 Å². The lowest BCUT2D eigenvalue weighted by Crippen LogP contribution is -2.69. The highest BCUT2D eigenvalue weighted by Gasteiger charge is 2.56. The first-order valence-corrected chi connectivity index (χ1v) is 10.5. The van der Waals surface area contributed by atoms with E-state index in [1.54, 1.807) is 40.7 Å². The Balaban J connectivity index is 2.32. The van der Waals surface area contributed by atoms with E-state index in [2.05, 4.69) is 6.58 Å². The average Bonchev–Trinajstić information content (AvgIpc) is 2.71. The van der Waals surface area contributed by atoms with Gasteiger partial charge in [0.15, 0.2) is 6.29 Å². The van der Waals surface area contributed by atoms with Gasteiger partial charge in [0.25, 0.3) is 0 Å². The Kier molecular flexibility index (Phi) is 8.65. The zero-order chi connectivity index (χ0) is 23.7. The molecule has 0 aromatic heterocycles. The normalized spacial score (nSPS) is 45.3. The Morgan fingerprint density at radius 2 is 1.55 bits per heavy atom. The number of aliphatic hydroxyl groups is 6. The minimum Gasteiger partial charge on any atom is -0.394 e. The Hall–Kier alpha value is -0.660. The summed E-state index contributed by atoms with van der Waals surface area (Å²) >= 11 is 0. The minimum absolute atomic E-state index is 0.378. The molecular formula is C21H38O10. The van der Waals surface area contributed by atoms with Gasteiger partial charge in [-0.25, -0.2) is 0 Å². The maximum atomic E-state index is 11.0. The Bertz CT molecular complexity index is 595. The molecule has 182 valence electrons. The second-order valence-corrected chi connectivity index (χ2v) is 9.48. The van der Waals surface area contributed by atoms with E-state index in [0.717, 1.165) is 0 Å². The standard InChI is InChI=1S/C21H38O10/c1-7-10(2)21(6)18(27)17(14(25)12(9-23)30-21)29-19-15(26)16(31-20(3,4)5)13(24)11(8-22)28-19/h7,10-19,22-27H,1,8-9H2,2-6H3/t10?,11?,12?,13?,14?,15-,16+,17-,18-,19+,21-/m0/s1. The minimum atomic E-state index is -1.49. The fraction of sp³-hybridized carbons (Fsp3) is 0.905. The third kappa shape index (κ3) is 5.47. The van der Waals surface area contributed by atoms with Gasteiger partial charge in [0.05, 0.1) is 18.8 Å². The van der Waals surface area contributed by atoms with Crippen molar-refractivity contribution >= 4 is 0 Å². The molecule has 2 saturated heterocycles. The molecule has 2 fully saturated rings. The van der Waals surface area contributed by atoms with E-state index in [-0.39, 0.29) is 5.92 Å². The van der Waals surface area contributed by atoms with Crippen molar-refractivity contribution in [1.29, 1.82) is 0 Å². The summed E-state index contributed by atoms with van der Waals surface area (Å²) in [7, 11) is 0. The van der Waals surface area contributed by atoms with Crippen LogP contribution in [0.3, 0.4) is 0 Å². The molecule has 0 aliphatic carbocycles. The van der Waals surface area contributed by atoms with Gasteiger partial charge in [0, 0.05) is 5.92 Å². The maximum Gasteiger partial charge on any atom is 0.187 e. The summed E-state index contributed by atoms with van der Waals surface area (Å²) in [6, 6.07) is 0. The zero-order valence-corrected chi connectivity index (χ0v) is 18.8. The summed E-state index contributed by atoms with van der Waals surface area (Å²) in [4.78, 5) is 0. The van der Waals surface area contributed by atoms with Gasteiger partial charge in [0.2, 0.25) is 0 Å². The molecule has 0 aromatic rings. The summed E-state index contributed by atoms with van der Waals surface area (Å²) in [5.41, 5.74) is -1.98. The highest BCUT2D eigenvalue weighted by molar-refractivity contribution is 5.06. The van der Waals surface area contributed by atoms with Gasteiger partial charge in [-0.15, -0.1) is 6.58 Å². The van der Waals surface area contributed by atoms with Crippen LogP contribution in [-0.2, 0) is 18.9 Å². The molecule has 11 atom stereocenters. The molecular weight excluding hydrogens is 412 g/mol. The predicted molar refractivity (Wildman–Crippen MR) is 109 cm³/mol. The Morgan fingerprint density at radius 3 is 2.03 bits per heavy atom. The summed E-state index contributed by atoms with van der Waals surface area (Å²) in [6.45, 7) is 11.2. The van der Waals surface area contributed by atoms with Crippen LogP contribution in [-0.4, -0.2) is 110 Å². The molecule has 0 saturated carbocycles. The molecule has 10 heteroatoms. The lowest BCUT2D eigenvalue weighted by atomic mass is 9.78. The maximum absolute atomic E-state index is 11.0. The highest BCUT2D eigenvalue weighted by Crippen LogP contribution is 2.39. The van der Waals surface area contributed by atoms with Crippen LogP contribution in [0.4, 0.5) is 0 Å². The Morgan fingerprint density at radius 1 is 1.00 bits per heavy atom. The van der Waals surface area contributed by atoms with Crippen LogP contribution in [0.15, 0.2) is 12.7 Å². The molecule has 0 amide bonds. The van der Waals surface area contributed by atoms with Crippen LogP contribution in [0, 0.1) is 5.92 Å². The Labute approximate surface area is 183 Å². The number of rotatable bonds is 7. The molecule has 2 aliphatic heterocycles. The topological polar surface area (TPSA) is 158 Å². The summed E-state index contributed by atoms with van der Waals surface area (Å²) < 4.78 is 22.9. The zero-order valence-electron chi connectivity index (χ0n) is 18.8. The van der Waals surface area contributed by atoms with Crippen molar-refractivity contribution in [3.8, 4) is 0 Å². The van der Waals surface area contributed by atoms with Crippen molar-refractivity contribution < 1.29 is 49.6 Å². The summed E-state index contributed by atoms with van der Waals surface area (Å²) in [6.07, 6.45) is -10.2. The monoisotopic (exact) mass is 450 g/mol. The third-order valence-electron chi connectivity index (χ3n) is 6.06. The van der Waals surface area contributed by atoms with E-state index in [9.17, 15) is 30.6 Å². The van der Waals surface area contributed by atoms with E-state index >= 15 is 0 Å². The molecule has 2 rings (SSSR count). The lowest BCUT2D eigenvalue weighted by Gasteiger charge is -2.52. The smallest absolute Gasteiger partial charge is 0.187 e. The van der Waals surface area contributed by atoms with E-state index in [1.807, 2.05) is 0 Å². The average molecular weight is 451 g/mol. The van der Waals surface area contributed by atoms with Crippen molar-refractivity contribution in [3.63, 3.8) is 0 Å². The van der Waals surface area contributed by atoms with Gasteiger partial charge < -0.3 is 49.6 Å². The van der Waals surface area contributed by atoms with Crippen LogP contribution in [0.1, 0.15) is 34.6 Å². The molecule has 2 aliphatic rings. The first kappa shape index (κ1) is 26.6. The molecule has 2 heterocycles. The van der Waals surface area contributed by atoms with Crippen molar-refractivity contribution in [1.82, 2.24) is 0 Å². The van der Waals surface area contributed by atoms with Gasteiger partial charge in [-0.2, -0.15) is 0 Å². The first-order valence-electron chi connectivity index (χ1n) is 10.5. The van der Waals surface area contributed by atoms with Crippen LogP contribution in [0.2, 0.25) is 0 Å². The largest absolute Gasteiger partial charge is 0.394 e. The van der Waals surface area contributed by atoms with Crippen molar-refractivity contribution in [3.05, 3.63) is 12.7 Å². The SMILES string of the molecule is C=CC(C)[C@]1(C)OC(CO)C(O)[C@H](O[C@H]2OC(CO)C(O)[C@@H](OC(C)(C)C)[C@@H]2O)[C@@H]1O. The lowest BCUT2D eigenvalue weighted by molar-refractivity contribution is -0.360. The number of hydrogen-bond acceptors (Lipinski definition) is 10. The van der Waals surface area contributed by atoms with Gasteiger partial charge >= 0.3 is 0 Å². The van der Waals surface area contributed by atoms with Gasteiger partial charge in [-0.1, -0.05) is 13.0 Å². The molecule has 31 heavy (non-hydrogen) atoms. The molecule has 6 N–H and O–H groups in total. The molecule has 0 bridgehead atoms. The third-order valence-corrected chi connectivity index (χ3v) is 6.06. The summed E-state index contributed by atoms with van der Waals surface area (Å²) in [5.74, 6) is -0.378. The van der Waals surface area contributed by atoms with Crippen LogP contribution < -0.4 is 0 Å². The van der Waals surface area contributed by atoms with E-state index in [1.165, 1.54) is 0 Å². The van der Waals surface area contributed by atoms with Crippen molar-refractivity contribution in [2.24, 2.45) is 5.92 Å². The highest BCUT2D eigenvalue weighted by atomic mass is 16.7. The van der Waals surface area contributed by atoms with Gasteiger partial charge in [-0.05, 0) is 27.7 Å². The fourth-order valence-electron chi connectivity index (χ4n) is 3.97. The molecule has 0 aromatic carbocycles. The summed E-state index contributed by atoms with van der Waals surface area (Å²) in [5, 5.41) is 62.3. The quantitative estimate of drug-likeness (QED) is 0.257. The van der Waals surface area contributed by atoms with Crippen LogP contribution in [0.25, 0.3) is 0 Å². The van der Waals surface area contributed by atoms with E-state index in [0.29, 0.717) is 0 Å². The van der Waals surface area contributed by atoms with Crippen LogP contribution >= 0.6 is 0 Å². The number of hydrogen-bond donors (Lipinski definition) is 6. The molecule has 0 spiro atoms. The predicted octanol–water partition coefficient (Wildman–Crippen LogP) is -1.31. The van der Waals surface area contributed by atoms with Crippen molar-refractivity contribution in [2.75, 3.05) is 13.2 Å². The molecule has 10 nitrogen and oxygen atoms in total. The van der Waals surface area contributed by atoms with E-state index in [4.69, 9.17) is 18.9 Å². The first-order chi connectivity index (χ1) is 14.3. The van der Waals surface area contributed by atoms with Crippen molar-refractivity contribution in [2.45, 2.75) is 101 Å². The second kappa shape index (κ2) is 10.1. The second-order valence-electron chi connectivity index (χ2n) is 9.48. The molecule has 5 unspecified atom stereocenters. The fourth-order valence-corrected chi connectivity index (χ4v) is 3.97. The van der Waals surface area contributed by atoms with Gasteiger partial charge in [-0.3, -0.25) is 0 Å². The number of aliphatic hydroxyl groups excluding tert-OH is 6. The van der Waals surface area contributed by atoms with E-state index < -0.39 is 79.5 Å². The van der Waals surface area contributed by atoms with Gasteiger partial charge in [0.1, 0.15) is 54.4 Å². The number of ether oxygens (including phenoxy) is 4. The molecule has 0 radical (unpaired) electrons.